The number of aromatic nitrogens is 3. The van der Waals surface area contributed by atoms with Crippen LogP contribution in [0.2, 0.25) is 0 Å². The molecule has 0 saturated heterocycles. The lowest BCUT2D eigenvalue weighted by Gasteiger charge is -2.37. The van der Waals surface area contributed by atoms with Gasteiger partial charge in [-0.15, -0.1) is 16.9 Å². The maximum Gasteiger partial charge on any atom is 0.249 e. The van der Waals surface area contributed by atoms with Crippen molar-refractivity contribution in [2.75, 3.05) is 10.7 Å². The fourth-order valence-electron chi connectivity index (χ4n) is 3.66. The van der Waals surface area contributed by atoms with E-state index in [2.05, 4.69) is 28.5 Å². The highest BCUT2D eigenvalue weighted by molar-refractivity contribution is 7.99. The molecule has 1 aliphatic heterocycles. The Balaban J connectivity index is 1.54. The van der Waals surface area contributed by atoms with Crippen molar-refractivity contribution in [1.82, 2.24) is 15.0 Å². The van der Waals surface area contributed by atoms with E-state index in [1.54, 1.807) is 16.4 Å². The zero-order valence-electron chi connectivity index (χ0n) is 15.1. The summed E-state index contributed by atoms with van der Waals surface area (Å²) >= 11 is 1.79. The van der Waals surface area contributed by atoms with Gasteiger partial charge in [0.15, 0.2) is 0 Å². The summed E-state index contributed by atoms with van der Waals surface area (Å²) in [6.07, 6.45) is 0. The van der Waals surface area contributed by atoms with E-state index in [9.17, 15) is 4.79 Å². The number of anilines is 1. The van der Waals surface area contributed by atoms with E-state index < -0.39 is 0 Å². The van der Waals surface area contributed by atoms with Crippen LogP contribution in [0.25, 0.3) is 11.0 Å². The Morgan fingerprint density at radius 1 is 0.964 bits per heavy atom. The number of para-hydroxylation sites is 2. The van der Waals surface area contributed by atoms with Crippen molar-refractivity contribution in [1.29, 1.82) is 0 Å². The van der Waals surface area contributed by atoms with Gasteiger partial charge in [-0.05, 0) is 29.8 Å². The minimum atomic E-state index is -0.0108. The van der Waals surface area contributed by atoms with Crippen molar-refractivity contribution in [3.05, 3.63) is 84.4 Å². The van der Waals surface area contributed by atoms with Crippen LogP contribution in [0.5, 0.6) is 0 Å². The number of fused-ring (bicyclic) bond motifs is 2. The van der Waals surface area contributed by atoms with Gasteiger partial charge >= 0.3 is 0 Å². The largest absolute Gasteiger partial charge is 0.301 e. The molecule has 5 nitrogen and oxygen atoms in total. The SMILES string of the molecule is O=C(Cn1nnc2ccccc21)N1c2ccccc2SC[C@@H]1c1ccccc1. The third-order valence-corrected chi connectivity index (χ3v) is 6.13. The predicted molar refractivity (Wildman–Crippen MR) is 111 cm³/mol. The number of carbonyl (C=O) groups is 1. The first-order valence-corrected chi connectivity index (χ1v) is 10.2. The van der Waals surface area contributed by atoms with E-state index in [0.717, 1.165) is 32.9 Å². The van der Waals surface area contributed by atoms with Crippen LogP contribution in [0.1, 0.15) is 11.6 Å². The molecule has 4 aromatic rings. The van der Waals surface area contributed by atoms with Crippen molar-refractivity contribution >= 4 is 34.4 Å². The Hall–Kier alpha value is -3.12. The van der Waals surface area contributed by atoms with Gasteiger partial charge < -0.3 is 4.90 Å². The summed E-state index contributed by atoms with van der Waals surface area (Å²) < 4.78 is 1.68. The average Bonchev–Trinajstić information content (AvgIpc) is 3.16. The molecule has 2 heterocycles. The Bertz CT molecular complexity index is 1140. The van der Waals surface area contributed by atoms with Gasteiger partial charge in [-0.25, -0.2) is 4.68 Å². The van der Waals surface area contributed by atoms with Gasteiger partial charge in [-0.2, -0.15) is 0 Å². The fourth-order valence-corrected chi connectivity index (χ4v) is 4.82. The van der Waals surface area contributed by atoms with Gasteiger partial charge in [0.1, 0.15) is 12.1 Å². The molecule has 6 heteroatoms. The molecule has 3 aromatic carbocycles. The molecule has 5 rings (SSSR count). The maximum absolute atomic E-state index is 13.5. The summed E-state index contributed by atoms with van der Waals surface area (Å²) in [6, 6.07) is 26.0. The van der Waals surface area contributed by atoms with E-state index >= 15 is 0 Å². The second kappa shape index (κ2) is 7.13. The number of rotatable bonds is 3. The number of thioether (sulfide) groups is 1. The van der Waals surface area contributed by atoms with E-state index in [4.69, 9.17) is 0 Å². The van der Waals surface area contributed by atoms with Crippen LogP contribution in [0.3, 0.4) is 0 Å². The topological polar surface area (TPSA) is 51.0 Å². The van der Waals surface area contributed by atoms with Crippen LogP contribution in [0, 0.1) is 0 Å². The molecule has 0 aliphatic carbocycles. The average molecular weight is 386 g/mol. The molecule has 0 N–H and O–H groups in total. The quantitative estimate of drug-likeness (QED) is 0.526. The molecule has 0 bridgehead atoms. The summed E-state index contributed by atoms with van der Waals surface area (Å²) in [4.78, 5) is 16.5. The second-order valence-electron chi connectivity index (χ2n) is 6.70. The lowest BCUT2D eigenvalue weighted by Crippen LogP contribution is -2.40. The first-order valence-electron chi connectivity index (χ1n) is 9.18. The highest BCUT2D eigenvalue weighted by Crippen LogP contribution is 2.43. The van der Waals surface area contributed by atoms with E-state index in [1.165, 1.54) is 0 Å². The Morgan fingerprint density at radius 3 is 2.61 bits per heavy atom. The third kappa shape index (κ3) is 2.96. The summed E-state index contributed by atoms with van der Waals surface area (Å²) in [5.41, 5.74) is 3.76. The molecule has 1 aromatic heterocycles. The standard InChI is InChI=1S/C22H18N4OS/c27-22(14-25-18-11-5-4-10-17(18)23-24-25)26-19-12-6-7-13-21(19)28-15-20(26)16-8-2-1-3-9-16/h1-13,20H,14-15H2/t20-/m1/s1. The summed E-state index contributed by atoms with van der Waals surface area (Å²) in [6.45, 7) is 0.156. The van der Waals surface area contributed by atoms with E-state index in [0.29, 0.717) is 0 Å². The molecule has 28 heavy (non-hydrogen) atoms. The van der Waals surface area contributed by atoms with Crippen molar-refractivity contribution in [2.24, 2.45) is 0 Å². The Kier molecular flexibility index (Phi) is 4.33. The van der Waals surface area contributed by atoms with Gasteiger partial charge in [-0.1, -0.05) is 59.8 Å². The highest BCUT2D eigenvalue weighted by Gasteiger charge is 2.32. The Morgan fingerprint density at radius 2 is 1.71 bits per heavy atom. The van der Waals surface area contributed by atoms with E-state index in [-0.39, 0.29) is 18.5 Å². The molecule has 1 aliphatic rings. The fraction of sp³-hybridized carbons (Fsp3) is 0.136. The summed E-state index contributed by atoms with van der Waals surface area (Å²) in [5.74, 6) is 0.836. The molecule has 0 saturated carbocycles. The van der Waals surface area contributed by atoms with Crippen LogP contribution >= 0.6 is 11.8 Å². The molecular weight excluding hydrogens is 368 g/mol. The van der Waals surface area contributed by atoms with Crippen LogP contribution in [0.15, 0.2) is 83.8 Å². The number of carbonyl (C=O) groups excluding carboxylic acids is 1. The predicted octanol–water partition coefficient (Wildman–Crippen LogP) is 4.31. The number of amides is 1. The van der Waals surface area contributed by atoms with Crippen LogP contribution in [-0.2, 0) is 11.3 Å². The third-order valence-electron chi connectivity index (χ3n) is 4.99. The van der Waals surface area contributed by atoms with Crippen LogP contribution in [0.4, 0.5) is 5.69 Å². The molecule has 0 radical (unpaired) electrons. The van der Waals surface area contributed by atoms with Gasteiger partial charge in [0.25, 0.3) is 0 Å². The highest BCUT2D eigenvalue weighted by atomic mass is 32.2. The maximum atomic E-state index is 13.5. The van der Waals surface area contributed by atoms with Gasteiger partial charge in [0.2, 0.25) is 5.91 Å². The molecular formula is C22H18N4OS. The van der Waals surface area contributed by atoms with Gasteiger partial charge in [-0.3, -0.25) is 4.79 Å². The van der Waals surface area contributed by atoms with Crippen LogP contribution < -0.4 is 4.90 Å². The van der Waals surface area contributed by atoms with E-state index in [1.807, 2.05) is 65.6 Å². The molecule has 0 fully saturated rings. The van der Waals surface area contributed by atoms with Crippen molar-refractivity contribution < 1.29 is 4.79 Å². The lowest BCUT2D eigenvalue weighted by atomic mass is 10.1. The first-order chi connectivity index (χ1) is 13.8. The lowest BCUT2D eigenvalue weighted by molar-refractivity contribution is -0.119. The molecule has 1 amide bonds. The Labute approximate surface area is 167 Å². The smallest absolute Gasteiger partial charge is 0.249 e. The van der Waals surface area contributed by atoms with Crippen molar-refractivity contribution in [3.63, 3.8) is 0 Å². The second-order valence-corrected chi connectivity index (χ2v) is 7.77. The summed E-state index contributed by atoms with van der Waals surface area (Å²) in [7, 11) is 0. The molecule has 138 valence electrons. The van der Waals surface area contributed by atoms with Crippen LogP contribution in [-0.4, -0.2) is 26.7 Å². The van der Waals surface area contributed by atoms with Gasteiger partial charge in [0.05, 0.1) is 17.2 Å². The zero-order valence-corrected chi connectivity index (χ0v) is 15.9. The van der Waals surface area contributed by atoms with Gasteiger partial charge in [0, 0.05) is 10.6 Å². The normalized spacial score (nSPS) is 16.1. The molecule has 0 spiro atoms. The number of nitrogens with zero attached hydrogens (tertiary/aromatic N) is 4. The monoisotopic (exact) mass is 386 g/mol. The summed E-state index contributed by atoms with van der Waals surface area (Å²) in [5, 5.41) is 8.37. The zero-order chi connectivity index (χ0) is 18.9. The number of hydrogen-bond acceptors (Lipinski definition) is 4. The molecule has 0 unspecified atom stereocenters. The first kappa shape index (κ1) is 17.0. The van der Waals surface area contributed by atoms with Crippen molar-refractivity contribution in [3.8, 4) is 0 Å². The van der Waals surface area contributed by atoms with Crippen molar-refractivity contribution in [2.45, 2.75) is 17.5 Å². The minimum absolute atomic E-state index is 0.0108. The molecule has 1 atom stereocenters. The minimum Gasteiger partial charge on any atom is -0.301 e. The number of benzene rings is 3. The number of hydrogen-bond donors (Lipinski definition) is 0.